The number of halogens is 3. The van der Waals surface area contributed by atoms with E-state index in [1.54, 1.807) is 12.2 Å². The van der Waals surface area contributed by atoms with Crippen LogP contribution in [-0.2, 0) is 4.79 Å². The molecule has 0 heterocycles. The van der Waals surface area contributed by atoms with Crippen LogP contribution in [0.4, 0.5) is 0 Å². The van der Waals surface area contributed by atoms with Gasteiger partial charge in [-0.3, -0.25) is 4.79 Å². The minimum absolute atomic E-state index is 0.614. The lowest BCUT2D eigenvalue weighted by Crippen LogP contribution is -2.18. The van der Waals surface area contributed by atoms with Crippen LogP contribution in [0, 0.1) is 0 Å². The van der Waals surface area contributed by atoms with Crippen molar-refractivity contribution in [3.8, 4) is 0 Å². The average Bonchev–Trinajstić information content (AvgIpc) is 2.63. The molecule has 0 bridgehead atoms. The summed E-state index contributed by atoms with van der Waals surface area (Å²) in [6.45, 7) is 2.25. The Kier molecular flexibility index (Phi) is 18.5. The van der Waals surface area contributed by atoms with Gasteiger partial charge in [0.05, 0.1) is 5.38 Å². The van der Waals surface area contributed by atoms with Crippen LogP contribution in [0.15, 0.2) is 60.8 Å². The van der Waals surface area contributed by atoms with Crippen molar-refractivity contribution >= 4 is 40.0 Å². The smallest absolute Gasteiger partial charge is 0.241 e. The van der Waals surface area contributed by atoms with Crippen molar-refractivity contribution in [1.82, 2.24) is 0 Å². The largest absolute Gasteiger partial charge is 0.280 e. The highest BCUT2D eigenvalue weighted by Gasteiger charge is 2.19. The maximum absolute atomic E-state index is 10.8. The molecule has 2 unspecified atom stereocenters. The summed E-state index contributed by atoms with van der Waals surface area (Å²) in [5, 5.41) is -2.17. The molecule has 0 saturated heterocycles. The molecule has 0 saturated carbocycles. The second-order valence-electron chi connectivity index (χ2n) is 6.03. The van der Waals surface area contributed by atoms with E-state index in [9.17, 15) is 4.79 Å². The molecule has 0 rings (SSSR count). The molecule has 0 fully saturated rings. The van der Waals surface area contributed by atoms with E-state index in [0.717, 1.165) is 6.42 Å². The van der Waals surface area contributed by atoms with Gasteiger partial charge in [0.25, 0.3) is 0 Å². The Bertz CT molecular complexity index is 490. The maximum Gasteiger partial charge on any atom is 0.241 e. The zero-order chi connectivity index (χ0) is 19.5. The molecule has 2 atom stereocenters. The minimum Gasteiger partial charge on any atom is -0.280 e. The van der Waals surface area contributed by atoms with E-state index in [2.05, 4.69) is 19.1 Å². The van der Waals surface area contributed by atoms with E-state index in [0.29, 0.717) is 0 Å². The van der Waals surface area contributed by atoms with Gasteiger partial charge in [-0.1, -0.05) is 106 Å². The van der Waals surface area contributed by atoms with Crippen molar-refractivity contribution in [2.45, 2.75) is 69.0 Å². The third kappa shape index (κ3) is 16.7. The number of alkyl halides is 2. The first-order chi connectivity index (χ1) is 12.6. The van der Waals surface area contributed by atoms with Crippen molar-refractivity contribution in [3.05, 3.63) is 60.8 Å². The number of hydrogen-bond acceptors (Lipinski definition) is 1. The fourth-order valence-corrected chi connectivity index (χ4v) is 2.65. The quantitative estimate of drug-likeness (QED) is 0.114. The second-order valence-corrected chi connectivity index (χ2v) is 7.37. The number of allylic oxidation sites excluding steroid dienone is 10. The fourth-order valence-electron chi connectivity index (χ4n) is 2.17. The van der Waals surface area contributed by atoms with E-state index in [1.165, 1.54) is 44.9 Å². The molecule has 0 aromatic heterocycles. The Morgan fingerprint density at radius 3 is 1.85 bits per heavy atom. The highest BCUT2D eigenvalue weighted by Crippen LogP contribution is 2.14. The maximum atomic E-state index is 10.8. The summed E-state index contributed by atoms with van der Waals surface area (Å²) >= 11 is 16.9. The highest BCUT2D eigenvalue weighted by molar-refractivity contribution is 6.70. The standard InChI is InChI=1S/C22H31Cl3O/c1-2-3-4-5-6-7-8-9-10-11-12-13-14-15-16-17-18-19-20(23)21(24)22(25)26/h10-21H,2-9H2,1H3. The molecule has 0 aromatic rings. The molecule has 0 N–H and O–H groups in total. The number of carbonyl (C=O) groups is 1. The summed E-state index contributed by atoms with van der Waals surface area (Å²) in [6, 6.07) is 0. The summed E-state index contributed by atoms with van der Waals surface area (Å²) in [5.74, 6) is 0. The van der Waals surface area contributed by atoms with Crippen LogP contribution in [0.5, 0.6) is 0 Å². The molecule has 0 aliphatic carbocycles. The van der Waals surface area contributed by atoms with Gasteiger partial charge in [-0.25, -0.2) is 0 Å². The molecule has 0 amide bonds. The van der Waals surface area contributed by atoms with Crippen molar-refractivity contribution < 1.29 is 4.79 Å². The first-order valence-electron chi connectivity index (χ1n) is 9.40. The van der Waals surface area contributed by atoms with E-state index in [1.807, 2.05) is 36.5 Å². The summed E-state index contributed by atoms with van der Waals surface area (Å²) in [7, 11) is 0. The molecular weight excluding hydrogens is 387 g/mol. The predicted molar refractivity (Wildman–Crippen MR) is 118 cm³/mol. The number of unbranched alkanes of at least 4 members (excludes halogenated alkanes) is 7. The zero-order valence-electron chi connectivity index (χ0n) is 15.6. The van der Waals surface area contributed by atoms with Gasteiger partial charge in [0, 0.05) is 0 Å². The van der Waals surface area contributed by atoms with E-state index in [-0.39, 0.29) is 0 Å². The SMILES string of the molecule is CCCCCCCCCC=CC=CC=CC=CC=CC(Cl)C(Cl)C(=O)Cl. The summed E-state index contributed by atoms with van der Waals surface area (Å²) in [6.07, 6.45) is 29.8. The van der Waals surface area contributed by atoms with Crippen LogP contribution in [0.3, 0.4) is 0 Å². The molecule has 0 spiro atoms. The summed E-state index contributed by atoms with van der Waals surface area (Å²) in [5.41, 5.74) is 0. The molecule has 1 nitrogen and oxygen atoms in total. The lowest BCUT2D eigenvalue weighted by molar-refractivity contribution is -0.111. The van der Waals surface area contributed by atoms with E-state index < -0.39 is 16.0 Å². The molecule has 0 aromatic carbocycles. The van der Waals surface area contributed by atoms with Crippen molar-refractivity contribution in [3.63, 3.8) is 0 Å². The number of hydrogen-bond donors (Lipinski definition) is 0. The third-order valence-corrected chi connectivity index (χ3v) is 5.02. The molecule has 146 valence electrons. The van der Waals surface area contributed by atoms with Gasteiger partial charge in [-0.15, -0.1) is 23.2 Å². The molecule has 26 heavy (non-hydrogen) atoms. The molecule has 4 heteroatoms. The topological polar surface area (TPSA) is 17.1 Å². The Hall–Kier alpha value is -0.760. The van der Waals surface area contributed by atoms with Gasteiger partial charge in [-0.05, 0) is 24.4 Å². The lowest BCUT2D eigenvalue weighted by Gasteiger charge is -2.05. The Balaban J connectivity index is 3.73. The summed E-state index contributed by atoms with van der Waals surface area (Å²) in [4.78, 5) is 10.8. The van der Waals surface area contributed by atoms with Crippen LogP contribution >= 0.6 is 34.8 Å². The average molecular weight is 418 g/mol. The van der Waals surface area contributed by atoms with Crippen LogP contribution in [-0.4, -0.2) is 16.0 Å². The Morgan fingerprint density at radius 1 is 0.769 bits per heavy atom. The third-order valence-electron chi connectivity index (χ3n) is 3.68. The van der Waals surface area contributed by atoms with Gasteiger partial charge in [0.15, 0.2) is 0 Å². The monoisotopic (exact) mass is 416 g/mol. The minimum atomic E-state index is -0.908. The van der Waals surface area contributed by atoms with Crippen molar-refractivity contribution in [2.75, 3.05) is 0 Å². The van der Waals surface area contributed by atoms with Crippen molar-refractivity contribution in [2.24, 2.45) is 0 Å². The first-order valence-corrected chi connectivity index (χ1v) is 10.7. The van der Waals surface area contributed by atoms with Crippen LogP contribution in [0.2, 0.25) is 0 Å². The summed E-state index contributed by atoms with van der Waals surface area (Å²) < 4.78 is 0. The lowest BCUT2D eigenvalue weighted by atomic mass is 10.1. The normalized spacial score (nSPS) is 15.2. The molecule has 0 aliphatic rings. The van der Waals surface area contributed by atoms with Gasteiger partial charge in [-0.2, -0.15) is 0 Å². The Morgan fingerprint density at radius 2 is 1.27 bits per heavy atom. The van der Waals surface area contributed by atoms with Crippen LogP contribution in [0.25, 0.3) is 0 Å². The van der Waals surface area contributed by atoms with Crippen molar-refractivity contribution in [1.29, 1.82) is 0 Å². The fraction of sp³-hybridized carbons (Fsp3) is 0.500. The van der Waals surface area contributed by atoms with Gasteiger partial charge < -0.3 is 0 Å². The predicted octanol–water partition coefficient (Wildman–Crippen LogP) is 7.89. The van der Waals surface area contributed by atoms with Gasteiger partial charge in [0.2, 0.25) is 5.24 Å². The zero-order valence-corrected chi connectivity index (χ0v) is 17.9. The second kappa shape index (κ2) is 19.0. The molecule has 0 aliphatic heterocycles. The van der Waals surface area contributed by atoms with Crippen LogP contribution < -0.4 is 0 Å². The van der Waals surface area contributed by atoms with Gasteiger partial charge in [0.1, 0.15) is 5.38 Å². The van der Waals surface area contributed by atoms with E-state index >= 15 is 0 Å². The number of rotatable bonds is 15. The number of carbonyl (C=O) groups excluding carboxylic acids is 1. The van der Waals surface area contributed by atoms with Crippen LogP contribution in [0.1, 0.15) is 58.3 Å². The highest BCUT2D eigenvalue weighted by atomic mass is 35.5. The first kappa shape index (κ1) is 25.2. The molecular formula is C22H31Cl3O. The van der Waals surface area contributed by atoms with Gasteiger partial charge >= 0.3 is 0 Å². The van der Waals surface area contributed by atoms with E-state index in [4.69, 9.17) is 34.8 Å². The Labute approximate surface area is 174 Å². The molecule has 0 radical (unpaired) electrons.